The van der Waals surface area contributed by atoms with Crippen LogP contribution >= 0.6 is 0 Å². The molecule has 15 heavy (non-hydrogen) atoms. The van der Waals surface area contributed by atoms with Crippen molar-refractivity contribution < 1.29 is 4.79 Å². The van der Waals surface area contributed by atoms with Gasteiger partial charge in [-0.15, -0.1) is 0 Å². The molecule has 1 heterocycles. The van der Waals surface area contributed by atoms with E-state index in [4.69, 9.17) is 5.73 Å². The maximum absolute atomic E-state index is 12.0. The molecule has 1 saturated heterocycles. The molecule has 1 saturated carbocycles. The maximum atomic E-state index is 12.0. The molecule has 2 N–H and O–H groups in total. The number of carbonyl (C=O) groups excluding carboxylic acids is 1. The molecule has 1 unspecified atom stereocenters. The zero-order valence-electron chi connectivity index (χ0n) is 9.61. The third kappa shape index (κ3) is 2.17. The fourth-order valence-corrected chi connectivity index (χ4v) is 2.73. The van der Waals surface area contributed by atoms with Gasteiger partial charge in [0, 0.05) is 12.6 Å². The van der Waals surface area contributed by atoms with Crippen molar-refractivity contribution >= 4 is 5.91 Å². The van der Waals surface area contributed by atoms with Crippen LogP contribution in [0.2, 0.25) is 0 Å². The normalized spacial score (nSPS) is 29.7. The molecular formula is C12H22N2O. The summed E-state index contributed by atoms with van der Waals surface area (Å²) in [5.74, 6) is 0.639. The van der Waals surface area contributed by atoms with Crippen LogP contribution in [-0.2, 0) is 4.79 Å². The zero-order valence-corrected chi connectivity index (χ0v) is 9.61. The van der Waals surface area contributed by atoms with Crippen LogP contribution in [0.25, 0.3) is 0 Å². The van der Waals surface area contributed by atoms with Crippen molar-refractivity contribution in [3.8, 4) is 0 Å². The lowest BCUT2D eigenvalue weighted by molar-refractivity contribution is -0.141. The van der Waals surface area contributed by atoms with Crippen LogP contribution in [0.5, 0.6) is 0 Å². The van der Waals surface area contributed by atoms with Gasteiger partial charge in [0.25, 0.3) is 0 Å². The third-order valence-electron chi connectivity index (χ3n) is 4.05. The molecule has 2 aliphatic rings. The molecule has 0 radical (unpaired) electrons. The summed E-state index contributed by atoms with van der Waals surface area (Å²) < 4.78 is 0. The predicted molar refractivity (Wildman–Crippen MR) is 60.3 cm³/mol. The maximum Gasteiger partial charge on any atom is 0.240 e. The molecule has 0 aromatic rings. The lowest BCUT2D eigenvalue weighted by atomic mass is 9.83. The Hall–Kier alpha value is -0.570. The molecule has 1 aliphatic carbocycles. The summed E-state index contributed by atoms with van der Waals surface area (Å²) in [6.07, 6.45) is 7.26. The van der Waals surface area contributed by atoms with Crippen LogP contribution in [0.1, 0.15) is 45.4 Å². The predicted octanol–water partition coefficient (Wildman–Crippen LogP) is 1.51. The van der Waals surface area contributed by atoms with E-state index in [9.17, 15) is 4.79 Å². The van der Waals surface area contributed by atoms with Crippen LogP contribution < -0.4 is 5.73 Å². The molecule has 1 amide bonds. The number of hydrogen-bond acceptors (Lipinski definition) is 2. The van der Waals surface area contributed by atoms with Gasteiger partial charge in [0.05, 0.1) is 6.04 Å². The van der Waals surface area contributed by atoms with Crippen molar-refractivity contribution in [2.45, 2.75) is 57.5 Å². The van der Waals surface area contributed by atoms with Gasteiger partial charge in [-0.1, -0.05) is 19.3 Å². The summed E-state index contributed by atoms with van der Waals surface area (Å²) in [6, 6.07) is 0.195. The summed E-state index contributed by atoms with van der Waals surface area (Å²) >= 11 is 0. The second kappa shape index (κ2) is 4.52. The monoisotopic (exact) mass is 210 g/mol. The number of likely N-dealkylation sites (tertiary alicyclic amines) is 1. The summed E-state index contributed by atoms with van der Waals surface area (Å²) in [6.45, 7) is 3.02. The van der Waals surface area contributed by atoms with Gasteiger partial charge in [-0.05, 0) is 32.1 Å². The lowest BCUT2D eigenvalue weighted by Crippen LogP contribution is -2.57. The van der Waals surface area contributed by atoms with E-state index >= 15 is 0 Å². The molecule has 3 heteroatoms. The Morgan fingerprint density at radius 1 is 1.27 bits per heavy atom. The standard InChI is InChI=1S/C12H22N2O/c1-9-7-8-14(9)12(15)11(13)10-5-3-2-4-6-10/h9-11H,2-8,13H2,1H3/t9?,11-/m0/s1. The Bertz CT molecular complexity index is 236. The van der Waals surface area contributed by atoms with Crippen LogP contribution in [0, 0.1) is 5.92 Å². The van der Waals surface area contributed by atoms with Crippen molar-refractivity contribution in [3.05, 3.63) is 0 Å². The van der Waals surface area contributed by atoms with E-state index in [1.807, 2.05) is 4.90 Å². The van der Waals surface area contributed by atoms with Crippen molar-refractivity contribution in [1.29, 1.82) is 0 Å². The highest BCUT2D eigenvalue weighted by atomic mass is 16.2. The highest BCUT2D eigenvalue weighted by Gasteiger charge is 2.35. The summed E-state index contributed by atoms with van der Waals surface area (Å²) in [7, 11) is 0. The van der Waals surface area contributed by atoms with Crippen molar-refractivity contribution in [2.24, 2.45) is 11.7 Å². The highest BCUT2D eigenvalue weighted by molar-refractivity contribution is 5.83. The molecule has 0 aromatic carbocycles. The summed E-state index contributed by atoms with van der Waals surface area (Å²) in [4.78, 5) is 14.0. The van der Waals surface area contributed by atoms with E-state index in [1.165, 1.54) is 19.3 Å². The van der Waals surface area contributed by atoms with Crippen molar-refractivity contribution in [2.75, 3.05) is 6.54 Å². The molecule has 0 aromatic heterocycles. The lowest BCUT2D eigenvalue weighted by Gasteiger charge is -2.41. The average molecular weight is 210 g/mol. The van der Waals surface area contributed by atoms with Crippen LogP contribution in [-0.4, -0.2) is 29.4 Å². The van der Waals surface area contributed by atoms with Crippen LogP contribution in [0.4, 0.5) is 0 Å². The van der Waals surface area contributed by atoms with E-state index in [0.717, 1.165) is 25.8 Å². The SMILES string of the molecule is CC1CCN1C(=O)[C@@H](N)C1CCCCC1. The van der Waals surface area contributed by atoms with E-state index in [1.54, 1.807) is 0 Å². The minimum Gasteiger partial charge on any atom is -0.338 e. The number of hydrogen-bond donors (Lipinski definition) is 1. The molecule has 0 bridgehead atoms. The Morgan fingerprint density at radius 3 is 2.40 bits per heavy atom. The molecule has 0 spiro atoms. The van der Waals surface area contributed by atoms with E-state index in [0.29, 0.717) is 12.0 Å². The van der Waals surface area contributed by atoms with Crippen LogP contribution in [0.3, 0.4) is 0 Å². The Kier molecular flexibility index (Phi) is 3.29. The fourth-order valence-electron chi connectivity index (χ4n) is 2.73. The largest absolute Gasteiger partial charge is 0.338 e. The smallest absolute Gasteiger partial charge is 0.240 e. The van der Waals surface area contributed by atoms with Gasteiger partial charge >= 0.3 is 0 Å². The third-order valence-corrected chi connectivity index (χ3v) is 4.05. The first-order chi connectivity index (χ1) is 7.20. The molecule has 2 fully saturated rings. The molecular weight excluding hydrogens is 188 g/mol. The number of nitrogens with two attached hydrogens (primary N) is 1. The van der Waals surface area contributed by atoms with Gasteiger partial charge in [0.15, 0.2) is 0 Å². The van der Waals surface area contributed by atoms with Crippen LogP contribution in [0.15, 0.2) is 0 Å². The van der Waals surface area contributed by atoms with Crippen molar-refractivity contribution in [3.63, 3.8) is 0 Å². The fraction of sp³-hybridized carbons (Fsp3) is 0.917. The molecule has 3 nitrogen and oxygen atoms in total. The second-order valence-electron chi connectivity index (χ2n) is 5.09. The molecule has 86 valence electrons. The Labute approximate surface area is 92.0 Å². The van der Waals surface area contributed by atoms with Gasteiger partial charge in [-0.2, -0.15) is 0 Å². The van der Waals surface area contributed by atoms with Gasteiger partial charge in [-0.25, -0.2) is 0 Å². The Balaban J connectivity index is 1.88. The quantitative estimate of drug-likeness (QED) is 0.751. The minimum absolute atomic E-state index is 0.195. The summed E-state index contributed by atoms with van der Waals surface area (Å²) in [5.41, 5.74) is 6.07. The van der Waals surface area contributed by atoms with Gasteiger partial charge in [-0.3, -0.25) is 4.79 Å². The number of amides is 1. The van der Waals surface area contributed by atoms with Gasteiger partial charge < -0.3 is 10.6 Å². The highest BCUT2D eigenvalue weighted by Crippen LogP contribution is 2.28. The molecule has 2 rings (SSSR count). The Morgan fingerprint density at radius 2 is 1.93 bits per heavy atom. The topological polar surface area (TPSA) is 46.3 Å². The first kappa shape index (κ1) is 10.9. The van der Waals surface area contributed by atoms with Gasteiger partial charge in [0.1, 0.15) is 0 Å². The first-order valence-corrected chi connectivity index (χ1v) is 6.26. The van der Waals surface area contributed by atoms with Crippen molar-refractivity contribution in [1.82, 2.24) is 4.90 Å². The first-order valence-electron chi connectivity index (χ1n) is 6.26. The average Bonchev–Trinajstić information content (AvgIpc) is 2.27. The molecule has 2 atom stereocenters. The number of rotatable bonds is 2. The molecule has 1 aliphatic heterocycles. The second-order valence-corrected chi connectivity index (χ2v) is 5.09. The van der Waals surface area contributed by atoms with E-state index in [2.05, 4.69) is 6.92 Å². The zero-order chi connectivity index (χ0) is 10.8. The van der Waals surface area contributed by atoms with E-state index in [-0.39, 0.29) is 11.9 Å². The van der Waals surface area contributed by atoms with E-state index < -0.39 is 0 Å². The number of carbonyl (C=O) groups is 1. The van der Waals surface area contributed by atoms with Gasteiger partial charge in [0.2, 0.25) is 5.91 Å². The number of nitrogens with zero attached hydrogens (tertiary/aromatic N) is 1. The summed E-state index contributed by atoms with van der Waals surface area (Å²) in [5, 5.41) is 0. The minimum atomic E-state index is -0.229.